The normalized spacial score (nSPS) is 22.9. The third-order valence-corrected chi connectivity index (χ3v) is 13.2. The minimum atomic E-state index is 0.358. The zero-order valence-corrected chi connectivity index (χ0v) is 28.4. The fourth-order valence-electron chi connectivity index (χ4n) is 9.84. The summed E-state index contributed by atoms with van der Waals surface area (Å²) in [6.07, 6.45) is 6.86. The highest BCUT2D eigenvalue weighted by atomic mass is 32.1. The number of aromatic nitrogens is 2. The molecule has 2 N–H and O–H groups in total. The zero-order chi connectivity index (χ0) is 31.9. The molecule has 4 bridgehead atoms. The molecular weight excluding hydrogens is 605 g/mol. The first-order valence-electron chi connectivity index (χ1n) is 17.9. The predicted molar refractivity (Wildman–Crippen MR) is 197 cm³/mol. The van der Waals surface area contributed by atoms with Crippen molar-refractivity contribution in [3.63, 3.8) is 0 Å². The second-order valence-corrected chi connectivity index (χ2v) is 15.6. The monoisotopic (exact) mass is 646 g/mol. The molecule has 4 unspecified atom stereocenters. The molecule has 3 aliphatic heterocycles. The van der Waals surface area contributed by atoms with E-state index in [1.54, 1.807) is 16.8 Å². The Morgan fingerprint density at radius 3 is 2.62 bits per heavy atom. The SMILES string of the molecule is CC1c2cccc3[n+]2CC(CCC[N+]2=C4CC1c1ccccc1CC4CCc1scc(-c4ccccc4N)c12)c1cc2ccccc2n1-3. The van der Waals surface area contributed by atoms with E-state index in [-0.39, 0.29) is 0 Å². The predicted octanol–water partition coefficient (Wildman–Crippen LogP) is 9.30. The van der Waals surface area contributed by atoms with E-state index in [2.05, 4.69) is 123 Å². The van der Waals surface area contributed by atoms with Crippen LogP contribution < -0.4 is 10.3 Å². The number of hydrogen-bond acceptors (Lipinski definition) is 2. The second kappa shape index (κ2) is 11.0. The van der Waals surface area contributed by atoms with Crippen molar-refractivity contribution in [2.75, 3.05) is 12.3 Å². The Hall–Kier alpha value is -4.48. The number of aryl methyl sites for hydroxylation is 1. The van der Waals surface area contributed by atoms with Gasteiger partial charge in [-0.25, -0.2) is 4.57 Å². The van der Waals surface area contributed by atoms with Crippen molar-refractivity contribution in [1.82, 2.24) is 4.57 Å². The molecule has 0 radical (unpaired) electrons. The van der Waals surface area contributed by atoms with Crippen molar-refractivity contribution in [1.29, 1.82) is 0 Å². The Balaban J connectivity index is 1.22. The number of pyridine rings is 1. The van der Waals surface area contributed by atoms with E-state index in [9.17, 15) is 0 Å². The Morgan fingerprint density at radius 2 is 1.69 bits per heavy atom. The molecule has 238 valence electrons. The topological polar surface area (TPSA) is 37.8 Å². The number of anilines is 1. The van der Waals surface area contributed by atoms with Crippen molar-refractivity contribution in [3.05, 3.63) is 130 Å². The van der Waals surface area contributed by atoms with Gasteiger partial charge in [-0.05, 0) is 61.1 Å². The molecule has 5 heteroatoms. The summed E-state index contributed by atoms with van der Waals surface area (Å²) in [5.41, 5.74) is 20.5. The number of nitrogens with two attached hydrogens (primary N) is 1. The molecule has 0 saturated carbocycles. The van der Waals surface area contributed by atoms with E-state index < -0.39 is 0 Å². The molecule has 1 aliphatic carbocycles. The molecule has 6 heterocycles. The summed E-state index contributed by atoms with van der Waals surface area (Å²) in [4.78, 5) is 1.53. The molecule has 0 amide bonds. The summed E-state index contributed by atoms with van der Waals surface area (Å²) in [7, 11) is 0. The summed E-state index contributed by atoms with van der Waals surface area (Å²) in [5.74, 6) is 3.07. The fraction of sp³-hybridized carbons (Fsp3) is 0.302. The molecule has 4 atom stereocenters. The van der Waals surface area contributed by atoms with Gasteiger partial charge in [0, 0.05) is 58.7 Å². The van der Waals surface area contributed by atoms with Crippen molar-refractivity contribution in [2.45, 2.75) is 69.7 Å². The Bertz CT molecular complexity index is 2270. The van der Waals surface area contributed by atoms with Gasteiger partial charge in [-0.15, -0.1) is 11.3 Å². The number of thiophene rings is 1. The Morgan fingerprint density at radius 1 is 0.833 bits per heavy atom. The minimum absolute atomic E-state index is 0.358. The van der Waals surface area contributed by atoms with Crippen molar-refractivity contribution >= 4 is 39.3 Å². The van der Waals surface area contributed by atoms with E-state index in [1.165, 1.54) is 56.2 Å². The maximum Gasteiger partial charge on any atom is 0.286 e. The molecule has 0 spiro atoms. The van der Waals surface area contributed by atoms with Gasteiger partial charge in [0.2, 0.25) is 5.69 Å². The highest BCUT2D eigenvalue weighted by molar-refractivity contribution is 7.11. The van der Waals surface area contributed by atoms with Gasteiger partial charge in [0.1, 0.15) is 30.0 Å². The number of hydrogen-bond donors (Lipinski definition) is 1. The summed E-state index contributed by atoms with van der Waals surface area (Å²) < 4.78 is 8.12. The van der Waals surface area contributed by atoms with E-state index in [0.717, 1.165) is 50.9 Å². The van der Waals surface area contributed by atoms with E-state index >= 15 is 0 Å². The lowest BCUT2D eigenvalue weighted by Crippen LogP contribution is -2.49. The van der Waals surface area contributed by atoms with Crippen LogP contribution in [0.2, 0.25) is 0 Å². The van der Waals surface area contributed by atoms with Gasteiger partial charge in [0.25, 0.3) is 5.82 Å². The number of nitrogen functional groups attached to an aromatic ring is 1. The van der Waals surface area contributed by atoms with Crippen LogP contribution in [0.5, 0.6) is 0 Å². The maximum absolute atomic E-state index is 6.69. The number of rotatable bonds is 1. The second-order valence-electron chi connectivity index (χ2n) is 14.6. The van der Waals surface area contributed by atoms with Crippen LogP contribution in [-0.4, -0.2) is 21.4 Å². The lowest BCUT2D eigenvalue weighted by Gasteiger charge is -2.30. The third-order valence-electron chi connectivity index (χ3n) is 12.1. The standard InChI is InChI=1S/C43H42N4S/c1-27-34-24-39-30(22-28-10-2-4-13-32(28)34)19-20-41-43(35(26-48-41)33-14-5-6-15-36(33)44)45(39)21-9-12-31-25-46-37(27)17-8-18-42(46)47-38-16-7-3-11-29(38)23-40(31)47/h2-8,10-11,13-18,23,26-27,30-31,34H,9,12,19-22,24-25,44H2,1H3/q+2. The van der Waals surface area contributed by atoms with Crippen molar-refractivity contribution in [3.8, 4) is 16.9 Å². The molecule has 3 aromatic heterocycles. The van der Waals surface area contributed by atoms with Crippen molar-refractivity contribution in [2.24, 2.45) is 5.92 Å². The summed E-state index contributed by atoms with van der Waals surface area (Å²) >= 11 is 1.95. The van der Waals surface area contributed by atoms with Crippen LogP contribution in [0.4, 0.5) is 11.4 Å². The van der Waals surface area contributed by atoms with Gasteiger partial charge < -0.3 is 5.73 Å². The first-order valence-corrected chi connectivity index (χ1v) is 18.8. The van der Waals surface area contributed by atoms with Crippen LogP contribution in [0.3, 0.4) is 0 Å². The molecule has 4 aliphatic rings. The number of benzene rings is 3. The molecule has 0 fully saturated rings. The molecule has 3 aromatic carbocycles. The largest absolute Gasteiger partial charge is 0.398 e. The van der Waals surface area contributed by atoms with Gasteiger partial charge in [-0.3, -0.25) is 0 Å². The van der Waals surface area contributed by atoms with Crippen molar-refractivity contribution < 1.29 is 9.14 Å². The minimum Gasteiger partial charge on any atom is -0.398 e. The number of fused-ring (bicyclic) bond motifs is 11. The third kappa shape index (κ3) is 4.26. The highest BCUT2D eigenvalue weighted by Gasteiger charge is 2.43. The lowest BCUT2D eigenvalue weighted by atomic mass is 9.80. The summed E-state index contributed by atoms with van der Waals surface area (Å²) in [5, 5.41) is 3.74. The highest BCUT2D eigenvalue weighted by Crippen LogP contribution is 2.48. The average Bonchev–Trinajstić information content (AvgIpc) is 3.62. The Labute approximate surface area is 286 Å². The smallest absolute Gasteiger partial charge is 0.286 e. The van der Waals surface area contributed by atoms with Gasteiger partial charge in [-0.2, -0.15) is 9.14 Å². The first-order chi connectivity index (χ1) is 23.6. The summed E-state index contributed by atoms with van der Waals surface area (Å²) in [6.45, 7) is 4.60. The van der Waals surface area contributed by atoms with Gasteiger partial charge in [0.05, 0.1) is 16.4 Å². The van der Waals surface area contributed by atoms with Crippen LogP contribution >= 0.6 is 11.3 Å². The van der Waals surface area contributed by atoms with E-state index in [4.69, 9.17) is 5.73 Å². The van der Waals surface area contributed by atoms with Gasteiger partial charge in [-0.1, -0.05) is 73.7 Å². The fourth-order valence-corrected chi connectivity index (χ4v) is 10.9. The van der Waals surface area contributed by atoms with Crippen LogP contribution in [0.1, 0.15) is 77.8 Å². The molecule has 4 nitrogen and oxygen atoms in total. The van der Waals surface area contributed by atoms with E-state index in [1.807, 2.05) is 11.3 Å². The van der Waals surface area contributed by atoms with Gasteiger partial charge in [0.15, 0.2) is 5.71 Å². The maximum atomic E-state index is 6.69. The lowest BCUT2D eigenvalue weighted by molar-refractivity contribution is -0.706. The first kappa shape index (κ1) is 28.5. The average molecular weight is 647 g/mol. The molecular formula is C43H42N4S+2. The van der Waals surface area contributed by atoms with Crippen LogP contribution in [0.15, 0.2) is 102 Å². The molecule has 10 rings (SSSR count). The molecule has 48 heavy (non-hydrogen) atoms. The number of nitrogens with zero attached hydrogens (tertiary/aromatic N) is 3. The van der Waals surface area contributed by atoms with Crippen LogP contribution in [-0.2, 0) is 19.4 Å². The summed E-state index contributed by atoms with van der Waals surface area (Å²) in [6, 6.07) is 36.5. The molecule has 6 aromatic rings. The zero-order valence-electron chi connectivity index (χ0n) is 27.6. The van der Waals surface area contributed by atoms with Gasteiger partial charge >= 0.3 is 0 Å². The van der Waals surface area contributed by atoms with Crippen LogP contribution in [0.25, 0.3) is 27.8 Å². The van der Waals surface area contributed by atoms with Crippen LogP contribution in [0, 0.1) is 5.92 Å². The molecule has 0 saturated heterocycles. The number of para-hydroxylation sites is 2. The van der Waals surface area contributed by atoms with E-state index in [0.29, 0.717) is 23.7 Å². The Kier molecular flexibility index (Phi) is 6.55. The quantitative estimate of drug-likeness (QED) is 0.140.